The average molecular weight is 312 g/mol. The Hall–Kier alpha value is -1.38. The summed E-state index contributed by atoms with van der Waals surface area (Å²) in [6.07, 6.45) is 7.88. The molecular formula is C20H28N2O. The Bertz CT molecular complexity index is 606. The van der Waals surface area contributed by atoms with E-state index in [0.717, 1.165) is 23.3 Å². The zero-order valence-corrected chi connectivity index (χ0v) is 14.5. The topological polar surface area (TPSA) is 45.0 Å². The number of azo groups is 1. The standard InChI is InChI=1S/C20H28N2O/c1-19(2,3)16-5-4-6-17(18(16)23)21-22-20-10-13-7-14(11-20)9-15(8-13)12-20/h4-6,13-15,23H,7-12H2,1-3H3. The molecular weight excluding hydrogens is 284 g/mol. The van der Waals surface area contributed by atoms with Crippen LogP contribution in [0, 0.1) is 17.8 Å². The molecule has 23 heavy (non-hydrogen) atoms. The van der Waals surface area contributed by atoms with Crippen molar-refractivity contribution < 1.29 is 5.11 Å². The van der Waals surface area contributed by atoms with Gasteiger partial charge in [-0.05, 0) is 67.8 Å². The Kier molecular flexibility index (Phi) is 3.33. The van der Waals surface area contributed by atoms with E-state index in [-0.39, 0.29) is 11.0 Å². The predicted molar refractivity (Wildman–Crippen MR) is 92.2 cm³/mol. The van der Waals surface area contributed by atoms with E-state index < -0.39 is 0 Å². The highest BCUT2D eigenvalue weighted by molar-refractivity contribution is 5.56. The van der Waals surface area contributed by atoms with Crippen LogP contribution in [0.2, 0.25) is 0 Å². The fraction of sp³-hybridized carbons (Fsp3) is 0.700. The minimum Gasteiger partial charge on any atom is -0.505 e. The van der Waals surface area contributed by atoms with Crippen molar-refractivity contribution in [1.82, 2.24) is 0 Å². The van der Waals surface area contributed by atoms with Gasteiger partial charge in [-0.25, -0.2) is 0 Å². The molecule has 0 aromatic heterocycles. The van der Waals surface area contributed by atoms with Gasteiger partial charge in [-0.3, -0.25) is 0 Å². The molecule has 1 aromatic carbocycles. The molecule has 0 atom stereocenters. The molecule has 0 radical (unpaired) electrons. The van der Waals surface area contributed by atoms with Gasteiger partial charge < -0.3 is 5.11 Å². The number of rotatable bonds is 2. The van der Waals surface area contributed by atoms with E-state index in [1.807, 2.05) is 18.2 Å². The van der Waals surface area contributed by atoms with E-state index in [1.54, 1.807) is 0 Å². The van der Waals surface area contributed by atoms with Gasteiger partial charge in [0.25, 0.3) is 0 Å². The minimum absolute atomic E-state index is 0.0684. The monoisotopic (exact) mass is 312 g/mol. The highest BCUT2D eigenvalue weighted by Gasteiger charge is 2.51. The molecule has 3 nitrogen and oxygen atoms in total. The summed E-state index contributed by atoms with van der Waals surface area (Å²) >= 11 is 0. The SMILES string of the molecule is CC(C)(C)c1cccc(N=NC23CC4CC(CC(C4)C2)C3)c1O. The van der Waals surface area contributed by atoms with Gasteiger partial charge in [0.15, 0.2) is 0 Å². The Morgan fingerprint density at radius 1 is 1.00 bits per heavy atom. The van der Waals surface area contributed by atoms with Crippen LogP contribution in [0.15, 0.2) is 28.4 Å². The van der Waals surface area contributed by atoms with Crippen LogP contribution in [-0.2, 0) is 5.41 Å². The zero-order chi connectivity index (χ0) is 16.2. The molecule has 0 aliphatic heterocycles. The van der Waals surface area contributed by atoms with Crippen LogP contribution in [0.5, 0.6) is 5.75 Å². The lowest BCUT2D eigenvalue weighted by Crippen LogP contribution is -2.49. The first-order valence-electron chi connectivity index (χ1n) is 9.10. The average Bonchev–Trinajstić information content (AvgIpc) is 2.43. The molecule has 4 aliphatic rings. The second kappa shape index (κ2) is 5.06. The van der Waals surface area contributed by atoms with Gasteiger partial charge in [0, 0.05) is 5.56 Å². The molecule has 1 aromatic rings. The van der Waals surface area contributed by atoms with E-state index >= 15 is 0 Å². The van der Waals surface area contributed by atoms with Crippen LogP contribution in [0.3, 0.4) is 0 Å². The van der Waals surface area contributed by atoms with Crippen molar-refractivity contribution in [1.29, 1.82) is 0 Å². The van der Waals surface area contributed by atoms with Gasteiger partial charge in [-0.1, -0.05) is 32.9 Å². The van der Waals surface area contributed by atoms with Gasteiger partial charge in [-0.2, -0.15) is 10.2 Å². The Morgan fingerprint density at radius 2 is 1.57 bits per heavy atom. The second-order valence-electron chi connectivity index (χ2n) is 9.27. The van der Waals surface area contributed by atoms with Crippen molar-refractivity contribution in [2.45, 2.75) is 70.3 Å². The fourth-order valence-corrected chi connectivity index (χ4v) is 5.56. The van der Waals surface area contributed by atoms with Gasteiger partial charge in [0.05, 0.1) is 5.54 Å². The number of nitrogens with zero attached hydrogens (tertiary/aromatic N) is 2. The molecule has 4 saturated carbocycles. The molecule has 0 heterocycles. The number of aromatic hydroxyl groups is 1. The van der Waals surface area contributed by atoms with Crippen molar-refractivity contribution in [3.05, 3.63) is 23.8 Å². The maximum absolute atomic E-state index is 10.6. The maximum Gasteiger partial charge on any atom is 0.146 e. The molecule has 0 spiro atoms. The van der Waals surface area contributed by atoms with Gasteiger partial charge >= 0.3 is 0 Å². The van der Waals surface area contributed by atoms with E-state index in [9.17, 15) is 5.11 Å². The number of phenols is 1. The molecule has 4 bridgehead atoms. The zero-order valence-electron chi connectivity index (χ0n) is 14.5. The number of para-hydroxylation sites is 1. The summed E-state index contributed by atoms with van der Waals surface area (Å²) in [5.74, 6) is 2.91. The lowest BCUT2D eigenvalue weighted by molar-refractivity contribution is -0.00156. The Morgan fingerprint density at radius 3 is 2.09 bits per heavy atom. The van der Waals surface area contributed by atoms with E-state index in [4.69, 9.17) is 5.11 Å². The van der Waals surface area contributed by atoms with Crippen molar-refractivity contribution in [2.24, 2.45) is 28.0 Å². The number of hydrogen-bond acceptors (Lipinski definition) is 3. The third-order valence-electron chi connectivity index (χ3n) is 6.20. The molecule has 0 unspecified atom stereocenters. The molecule has 1 N–H and O–H groups in total. The second-order valence-corrected chi connectivity index (χ2v) is 9.27. The lowest BCUT2D eigenvalue weighted by Gasteiger charge is -2.54. The summed E-state index contributed by atoms with van der Waals surface area (Å²) in [5, 5.41) is 20.0. The summed E-state index contributed by atoms with van der Waals surface area (Å²) < 4.78 is 0. The summed E-state index contributed by atoms with van der Waals surface area (Å²) in [7, 11) is 0. The largest absolute Gasteiger partial charge is 0.505 e. The summed E-state index contributed by atoms with van der Waals surface area (Å²) in [4.78, 5) is 0. The lowest BCUT2D eigenvalue weighted by atomic mass is 9.53. The summed E-state index contributed by atoms with van der Waals surface area (Å²) in [6, 6.07) is 5.85. The molecule has 5 rings (SSSR count). The van der Waals surface area contributed by atoms with Crippen LogP contribution in [0.4, 0.5) is 5.69 Å². The molecule has 3 heteroatoms. The van der Waals surface area contributed by atoms with Crippen LogP contribution >= 0.6 is 0 Å². The minimum atomic E-state index is -0.0870. The number of phenolic OH excluding ortho intramolecular Hbond substituents is 1. The highest BCUT2D eigenvalue weighted by atomic mass is 16.3. The Labute approximate surface area is 139 Å². The van der Waals surface area contributed by atoms with Crippen LogP contribution in [0.25, 0.3) is 0 Å². The third kappa shape index (κ3) is 2.68. The number of benzene rings is 1. The van der Waals surface area contributed by atoms with Crippen molar-refractivity contribution in [3.8, 4) is 5.75 Å². The van der Waals surface area contributed by atoms with Crippen molar-refractivity contribution in [3.63, 3.8) is 0 Å². The fourth-order valence-electron chi connectivity index (χ4n) is 5.56. The summed E-state index contributed by atoms with van der Waals surface area (Å²) in [6.45, 7) is 6.34. The summed E-state index contributed by atoms with van der Waals surface area (Å²) in [5.41, 5.74) is 1.56. The van der Waals surface area contributed by atoms with Crippen molar-refractivity contribution in [2.75, 3.05) is 0 Å². The van der Waals surface area contributed by atoms with Crippen LogP contribution in [-0.4, -0.2) is 10.6 Å². The molecule has 0 saturated heterocycles. The first-order valence-corrected chi connectivity index (χ1v) is 9.10. The highest BCUT2D eigenvalue weighted by Crippen LogP contribution is 2.57. The molecule has 4 aliphatic carbocycles. The maximum atomic E-state index is 10.6. The third-order valence-corrected chi connectivity index (χ3v) is 6.20. The quantitative estimate of drug-likeness (QED) is 0.695. The number of hydrogen-bond donors (Lipinski definition) is 1. The first-order chi connectivity index (χ1) is 10.8. The van der Waals surface area contributed by atoms with E-state index in [1.165, 1.54) is 38.5 Å². The van der Waals surface area contributed by atoms with Gasteiger partial charge in [-0.15, -0.1) is 0 Å². The van der Waals surface area contributed by atoms with E-state index in [0.29, 0.717) is 11.4 Å². The smallest absolute Gasteiger partial charge is 0.146 e. The van der Waals surface area contributed by atoms with Gasteiger partial charge in [0.1, 0.15) is 11.4 Å². The predicted octanol–water partition coefficient (Wildman–Crippen LogP) is 5.74. The molecule has 4 fully saturated rings. The first kappa shape index (κ1) is 15.2. The van der Waals surface area contributed by atoms with Crippen molar-refractivity contribution >= 4 is 5.69 Å². The Balaban J connectivity index is 1.62. The van der Waals surface area contributed by atoms with E-state index in [2.05, 4.69) is 25.9 Å². The molecule has 124 valence electrons. The molecule has 0 amide bonds. The van der Waals surface area contributed by atoms with Crippen LogP contribution in [0.1, 0.15) is 64.9 Å². The van der Waals surface area contributed by atoms with Gasteiger partial charge in [0.2, 0.25) is 0 Å². The normalized spacial score (nSPS) is 36.0. The van der Waals surface area contributed by atoms with Crippen LogP contribution < -0.4 is 0 Å².